The minimum absolute atomic E-state index is 0.254. The largest absolute Gasteiger partial charge is 0.478 e. The van der Waals surface area contributed by atoms with Crippen LogP contribution in [0.2, 0.25) is 0 Å². The molecule has 0 amide bonds. The summed E-state index contributed by atoms with van der Waals surface area (Å²) in [6.45, 7) is 1.60. The third-order valence-electron chi connectivity index (χ3n) is 11.7. The van der Waals surface area contributed by atoms with Crippen LogP contribution in [0.1, 0.15) is 54.1 Å². The molecular formula is C59H48N2O6. The van der Waals surface area contributed by atoms with Gasteiger partial charge in [-0.1, -0.05) is 133 Å². The van der Waals surface area contributed by atoms with Gasteiger partial charge in [0, 0.05) is 47.3 Å². The van der Waals surface area contributed by atoms with Gasteiger partial charge in [-0.05, 0) is 119 Å². The fourth-order valence-electron chi connectivity index (χ4n) is 8.42. The molecule has 0 saturated heterocycles. The number of methoxy groups -OCH3 is 1. The number of carbonyl (C=O) groups is 2. The van der Waals surface area contributed by atoms with Crippen molar-refractivity contribution in [2.24, 2.45) is 0 Å². The number of carboxylic acids is 1. The standard InChI is InChI=1S/C30H25NO3.C29H23NO3/c1-33-30(32)28-20-26(34-25-12-6-3-7-13-25)16-15-24(28)19-23-11-8-14-29-27(23)17-18-31(29)21-22-9-4-2-5-10-22;31-29(32)27-19-25(33-24-11-5-2-6-12-24)15-14-23(27)18-22-10-7-13-28-26(22)16-17-30(28)20-21-8-3-1-4-9-21/h2-18,20H,19,21H2,1H3;1-17,19H,18,20H2,(H,31,32). The van der Waals surface area contributed by atoms with E-state index in [1.165, 1.54) is 29.1 Å². The number of benzene rings is 8. The number of para-hydroxylation sites is 2. The predicted octanol–water partition coefficient (Wildman–Crippen LogP) is 13.6. The first-order valence-electron chi connectivity index (χ1n) is 22.1. The maximum Gasteiger partial charge on any atom is 0.338 e. The van der Waals surface area contributed by atoms with Gasteiger partial charge in [0.2, 0.25) is 0 Å². The fraction of sp³-hybridized carbons (Fsp3) is 0.0847. The van der Waals surface area contributed by atoms with Gasteiger partial charge in [0.05, 0.1) is 18.2 Å². The van der Waals surface area contributed by atoms with Gasteiger partial charge in [-0.2, -0.15) is 0 Å². The highest BCUT2D eigenvalue weighted by molar-refractivity contribution is 5.93. The second-order valence-corrected chi connectivity index (χ2v) is 16.2. The van der Waals surface area contributed by atoms with Gasteiger partial charge < -0.3 is 28.5 Å². The van der Waals surface area contributed by atoms with Gasteiger partial charge in [0.1, 0.15) is 23.0 Å². The van der Waals surface area contributed by atoms with E-state index >= 15 is 0 Å². The number of aromatic carboxylic acids is 1. The smallest absolute Gasteiger partial charge is 0.338 e. The molecule has 0 bridgehead atoms. The van der Waals surface area contributed by atoms with E-state index in [9.17, 15) is 14.7 Å². The van der Waals surface area contributed by atoms with Crippen molar-refractivity contribution in [3.8, 4) is 23.0 Å². The van der Waals surface area contributed by atoms with Crippen LogP contribution < -0.4 is 9.47 Å². The highest BCUT2D eigenvalue weighted by Crippen LogP contribution is 2.31. The van der Waals surface area contributed by atoms with E-state index in [0.717, 1.165) is 52.0 Å². The minimum atomic E-state index is -0.961. The molecule has 8 heteroatoms. The number of hydrogen-bond acceptors (Lipinski definition) is 5. The lowest BCUT2D eigenvalue weighted by atomic mass is 9.97. The van der Waals surface area contributed by atoms with Gasteiger partial charge in [-0.15, -0.1) is 0 Å². The van der Waals surface area contributed by atoms with Crippen molar-refractivity contribution in [1.82, 2.24) is 9.13 Å². The Morgan fingerprint density at radius 2 is 0.851 bits per heavy atom. The number of carboxylic acid groups (broad SMARTS) is 1. The first kappa shape index (κ1) is 43.6. The van der Waals surface area contributed by atoms with E-state index in [-0.39, 0.29) is 11.5 Å². The van der Waals surface area contributed by atoms with E-state index in [4.69, 9.17) is 14.2 Å². The number of rotatable bonds is 14. The molecule has 0 radical (unpaired) electrons. The van der Waals surface area contributed by atoms with Crippen LogP contribution in [0.3, 0.4) is 0 Å². The van der Waals surface area contributed by atoms with Crippen molar-refractivity contribution in [2.75, 3.05) is 7.11 Å². The molecule has 8 aromatic carbocycles. The fourth-order valence-corrected chi connectivity index (χ4v) is 8.42. The maximum absolute atomic E-state index is 12.6. The van der Waals surface area contributed by atoms with E-state index in [2.05, 4.69) is 100 Å². The van der Waals surface area contributed by atoms with Gasteiger partial charge in [0.25, 0.3) is 0 Å². The summed E-state index contributed by atoms with van der Waals surface area (Å²) in [4.78, 5) is 24.6. The molecule has 0 unspecified atom stereocenters. The summed E-state index contributed by atoms with van der Waals surface area (Å²) in [7, 11) is 1.40. The van der Waals surface area contributed by atoms with Gasteiger partial charge in [-0.25, -0.2) is 9.59 Å². The first-order valence-corrected chi connectivity index (χ1v) is 22.1. The molecule has 0 aliphatic heterocycles. The molecule has 2 aromatic heterocycles. The molecule has 0 aliphatic carbocycles. The molecule has 0 atom stereocenters. The molecule has 2 heterocycles. The van der Waals surface area contributed by atoms with Crippen LogP contribution in [-0.4, -0.2) is 33.3 Å². The summed E-state index contributed by atoms with van der Waals surface area (Å²) < 4.78 is 21.3. The van der Waals surface area contributed by atoms with Gasteiger partial charge >= 0.3 is 11.9 Å². The molecule has 67 heavy (non-hydrogen) atoms. The molecule has 10 aromatic rings. The topological polar surface area (TPSA) is 91.9 Å². The summed E-state index contributed by atoms with van der Waals surface area (Å²) in [6, 6.07) is 67.3. The summed E-state index contributed by atoms with van der Waals surface area (Å²) in [5.41, 5.74) is 9.48. The predicted molar refractivity (Wildman–Crippen MR) is 265 cm³/mol. The van der Waals surface area contributed by atoms with Crippen molar-refractivity contribution < 1.29 is 28.9 Å². The summed E-state index contributed by atoms with van der Waals surface area (Å²) >= 11 is 0. The van der Waals surface area contributed by atoms with Crippen molar-refractivity contribution in [2.45, 2.75) is 25.9 Å². The van der Waals surface area contributed by atoms with Crippen LogP contribution in [0.5, 0.6) is 23.0 Å². The van der Waals surface area contributed by atoms with Gasteiger partial charge in [-0.3, -0.25) is 0 Å². The first-order chi connectivity index (χ1) is 32.9. The second kappa shape index (κ2) is 20.5. The zero-order valence-corrected chi connectivity index (χ0v) is 37.0. The van der Waals surface area contributed by atoms with Crippen LogP contribution >= 0.6 is 0 Å². The monoisotopic (exact) mass is 880 g/mol. The lowest BCUT2D eigenvalue weighted by molar-refractivity contribution is 0.0598. The second-order valence-electron chi connectivity index (χ2n) is 16.2. The van der Waals surface area contributed by atoms with E-state index < -0.39 is 5.97 Å². The molecule has 0 saturated carbocycles. The molecule has 330 valence electrons. The Balaban J connectivity index is 0.000000168. The molecule has 0 spiro atoms. The Morgan fingerprint density at radius 3 is 1.28 bits per heavy atom. The number of esters is 1. The third kappa shape index (κ3) is 10.5. The number of hydrogen-bond donors (Lipinski definition) is 1. The molecule has 1 N–H and O–H groups in total. The van der Waals surface area contributed by atoms with Crippen LogP contribution in [-0.2, 0) is 30.7 Å². The van der Waals surface area contributed by atoms with Gasteiger partial charge in [0.15, 0.2) is 0 Å². The maximum atomic E-state index is 12.6. The van der Waals surface area contributed by atoms with Crippen LogP contribution in [0.15, 0.2) is 219 Å². The van der Waals surface area contributed by atoms with E-state index in [0.29, 0.717) is 35.7 Å². The normalized spacial score (nSPS) is 10.9. The Morgan fingerprint density at radius 1 is 0.433 bits per heavy atom. The van der Waals surface area contributed by atoms with Crippen molar-refractivity contribution >= 4 is 33.7 Å². The average molecular weight is 881 g/mol. The van der Waals surface area contributed by atoms with Crippen LogP contribution in [0.4, 0.5) is 0 Å². The lowest BCUT2D eigenvalue weighted by Gasteiger charge is -2.13. The van der Waals surface area contributed by atoms with Crippen molar-refractivity contribution in [3.63, 3.8) is 0 Å². The quantitative estimate of drug-likeness (QED) is 0.109. The number of aromatic nitrogens is 2. The number of carbonyl (C=O) groups excluding carboxylic acids is 1. The van der Waals surface area contributed by atoms with E-state index in [1.807, 2.05) is 115 Å². The highest BCUT2D eigenvalue weighted by atomic mass is 16.5. The number of ether oxygens (including phenoxy) is 3. The average Bonchev–Trinajstić information content (AvgIpc) is 3.98. The Bertz CT molecular complexity index is 3270. The molecule has 0 aliphatic rings. The molecule has 10 rings (SSSR count). The number of nitrogens with zero attached hydrogens (tertiary/aromatic N) is 2. The van der Waals surface area contributed by atoms with Crippen LogP contribution in [0, 0.1) is 0 Å². The zero-order valence-electron chi connectivity index (χ0n) is 37.0. The number of fused-ring (bicyclic) bond motifs is 2. The molecule has 0 fully saturated rings. The summed E-state index contributed by atoms with van der Waals surface area (Å²) in [6.07, 6.45) is 5.36. The Labute approximate surface area is 389 Å². The molecule has 8 nitrogen and oxygen atoms in total. The molecular weight excluding hydrogens is 833 g/mol. The summed E-state index contributed by atoms with van der Waals surface area (Å²) in [5, 5.41) is 12.2. The highest BCUT2D eigenvalue weighted by Gasteiger charge is 2.17. The van der Waals surface area contributed by atoms with Crippen molar-refractivity contribution in [1.29, 1.82) is 0 Å². The third-order valence-corrected chi connectivity index (χ3v) is 11.7. The minimum Gasteiger partial charge on any atom is -0.478 e. The SMILES string of the molecule is COC(=O)c1cc(Oc2ccccc2)ccc1Cc1cccc2c1ccn2Cc1ccccc1.O=C(O)c1cc(Oc2ccccc2)ccc1Cc1cccc2c1ccn2Cc1ccccc1. The van der Waals surface area contributed by atoms with Crippen LogP contribution in [0.25, 0.3) is 21.8 Å². The summed E-state index contributed by atoms with van der Waals surface area (Å²) in [5.74, 6) is 1.17. The zero-order chi connectivity index (χ0) is 46.0. The van der Waals surface area contributed by atoms with E-state index in [1.54, 1.807) is 12.1 Å². The van der Waals surface area contributed by atoms with Crippen molar-refractivity contribution in [3.05, 3.63) is 263 Å². The Hall–Kier alpha value is -8.62. The Kier molecular flexibility index (Phi) is 13.3. The lowest BCUT2D eigenvalue weighted by Crippen LogP contribution is -2.07.